The first-order valence-corrected chi connectivity index (χ1v) is 11.9. The Balaban J connectivity index is 1.34. The standard InChI is InChI=1S/C30H20N6O2/c37-29(21-11-1-7-19-9-3-15-31-25(19)21)35-23-13-5-17-33-27(23)28-24(14-6-18-34-28)36-30(38)22-12-2-8-20-10-4-16-32-26(20)22/h1-18H,(H,35,37)(H,36,38). The van der Waals surface area contributed by atoms with Gasteiger partial charge >= 0.3 is 0 Å². The van der Waals surface area contributed by atoms with Crippen LogP contribution in [0.25, 0.3) is 33.2 Å². The van der Waals surface area contributed by atoms with Gasteiger partial charge < -0.3 is 10.6 Å². The number of rotatable bonds is 5. The lowest BCUT2D eigenvalue weighted by Crippen LogP contribution is -2.16. The van der Waals surface area contributed by atoms with Crippen LogP contribution in [0.2, 0.25) is 0 Å². The Kier molecular flexibility index (Phi) is 5.95. The summed E-state index contributed by atoms with van der Waals surface area (Å²) in [5, 5.41) is 7.63. The van der Waals surface area contributed by atoms with Gasteiger partial charge in [0.25, 0.3) is 11.8 Å². The molecule has 0 spiro atoms. The summed E-state index contributed by atoms with van der Waals surface area (Å²) in [6.07, 6.45) is 6.53. The first-order valence-electron chi connectivity index (χ1n) is 11.9. The molecule has 0 saturated heterocycles. The molecule has 2 N–H and O–H groups in total. The van der Waals surface area contributed by atoms with Crippen molar-refractivity contribution in [2.45, 2.75) is 0 Å². The minimum atomic E-state index is -0.327. The normalized spacial score (nSPS) is 10.8. The molecule has 0 saturated carbocycles. The van der Waals surface area contributed by atoms with E-state index in [1.165, 1.54) is 0 Å². The minimum absolute atomic E-state index is 0.327. The zero-order chi connectivity index (χ0) is 25.9. The molecule has 2 aromatic carbocycles. The van der Waals surface area contributed by atoms with Crippen LogP contribution in [0, 0.1) is 0 Å². The van der Waals surface area contributed by atoms with Crippen molar-refractivity contribution < 1.29 is 9.59 Å². The molecule has 182 valence electrons. The maximum Gasteiger partial charge on any atom is 0.257 e. The average molecular weight is 497 g/mol. The Labute approximate surface area is 217 Å². The highest BCUT2D eigenvalue weighted by Crippen LogP contribution is 2.31. The van der Waals surface area contributed by atoms with Crippen LogP contribution in [-0.4, -0.2) is 31.8 Å². The van der Waals surface area contributed by atoms with Crippen molar-refractivity contribution in [1.82, 2.24) is 19.9 Å². The minimum Gasteiger partial charge on any atom is -0.320 e. The third kappa shape index (κ3) is 4.31. The van der Waals surface area contributed by atoms with Crippen LogP contribution in [0.5, 0.6) is 0 Å². The van der Waals surface area contributed by atoms with Gasteiger partial charge in [-0.15, -0.1) is 0 Å². The van der Waals surface area contributed by atoms with Crippen molar-refractivity contribution in [1.29, 1.82) is 0 Å². The van der Waals surface area contributed by atoms with E-state index in [-0.39, 0.29) is 11.8 Å². The zero-order valence-electron chi connectivity index (χ0n) is 20.0. The molecule has 0 fully saturated rings. The molecule has 6 rings (SSSR count). The molecule has 0 radical (unpaired) electrons. The van der Waals surface area contributed by atoms with Gasteiger partial charge in [0.1, 0.15) is 11.4 Å². The summed E-state index contributed by atoms with van der Waals surface area (Å²) in [5.74, 6) is -0.654. The number of carbonyl (C=O) groups is 2. The molecule has 8 heteroatoms. The Morgan fingerprint density at radius 2 is 0.868 bits per heavy atom. The summed E-state index contributed by atoms with van der Waals surface area (Å²) in [4.78, 5) is 44.4. The molecule has 2 amide bonds. The van der Waals surface area contributed by atoms with Crippen molar-refractivity contribution in [3.63, 3.8) is 0 Å². The number of para-hydroxylation sites is 2. The van der Waals surface area contributed by atoms with Crippen molar-refractivity contribution in [3.8, 4) is 11.4 Å². The fraction of sp³-hybridized carbons (Fsp3) is 0. The molecule has 8 nitrogen and oxygen atoms in total. The summed E-state index contributed by atoms with van der Waals surface area (Å²) >= 11 is 0. The molecule has 0 bridgehead atoms. The van der Waals surface area contributed by atoms with Crippen molar-refractivity contribution in [2.24, 2.45) is 0 Å². The van der Waals surface area contributed by atoms with Crippen LogP contribution in [-0.2, 0) is 0 Å². The summed E-state index contributed by atoms with van der Waals surface area (Å²) < 4.78 is 0. The van der Waals surface area contributed by atoms with E-state index in [1.54, 1.807) is 61.2 Å². The maximum atomic E-state index is 13.3. The van der Waals surface area contributed by atoms with Crippen LogP contribution < -0.4 is 10.6 Å². The third-order valence-corrected chi connectivity index (χ3v) is 6.09. The van der Waals surface area contributed by atoms with Gasteiger partial charge in [0, 0.05) is 35.6 Å². The molecule has 0 atom stereocenters. The van der Waals surface area contributed by atoms with Crippen molar-refractivity contribution >= 4 is 45.0 Å². The van der Waals surface area contributed by atoms with Gasteiger partial charge in [0.2, 0.25) is 0 Å². The highest BCUT2D eigenvalue weighted by Gasteiger charge is 2.19. The lowest BCUT2D eigenvalue weighted by atomic mass is 10.1. The number of nitrogens with one attached hydrogen (secondary N) is 2. The van der Waals surface area contributed by atoms with Crippen LogP contribution in [0.1, 0.15) is 20.7 Å². The number of aromatic nitrogens is 4. The Bertz CT molecular complexity index is 1690. The number of anilines is 2. The average Bonchev–Trinajstić information content (AvgIpc) is 2.97. The van der Waals surface area contributed by atoms with Crippen LogP contribution in [0.3, 0.4) is 0 Å². The molecular formula is C30H20N6O2. The van der Waals surface area contributed by atoms with Gasteiger partial charge in [-0.2, -0.15) is 0 Å². The number of amides is 2. The maximum absolute atomic E-state index is 13.3. The largest absolute Gasteiger partial charge is 0.320 e. The number of benzene rings is 2. The van der Waals surface area contributed by atoms with Gasteiger partial charge in [0.05, 0.1) is 33.5 Å². The van der Waals surface area contributed by atoms with Gasteiger partial charge in [-0.1, -0.05) is 36.4 Å². The first-order chi connectivity index (χ1) is 18.7. The van der Waals surface area contributed by atoms with Crippen molar-refractivity contribution in [2.75, 3.05) is 10.6 Å². The quantitative estimate of drug-likeness (QED) is 0.315. The SMILES string of the molecule is O=C(Nc1cccnc1-c1ncccc1NC(=O)c1cccc2cccnc12)c1cccc2cccnc12. The molecular weight excluding hydrogens is 476 g/mol. The first kappa shape index (κ1) is 22.9. The van der Waals surface area contributed by atoms with Gasteiger partial charge in [-0.05, 0) is 48.5 Å². The second-order valence-electron chi connectivity index (χ2n) is 8.47. The smallest absolute Gasteiger partial charge is 0.257 e. The predicted octanol–water partition coefficient (Wildman–Crippen LogP) is 5.74. The number of hydrogen-bond donors (Lipinski definition) is 2. The summed E-state index contributed by atoms with van der Waals surface area (Å²) in [6, 6.07) is 25.3. The van der Waals surface area contributed by atoms with Crippen LogP contribution in [0.15, 0.2) is 110 Å². The number of fused-ring (bicyclic) bond motifs is 2. The Morgan fingerprint density at radius 3 is 1.34 bits per heavy atom. The fourth-order valence-electron chi connectivity index (χ4n) is 4.34. The third-order valence-electron chi connectivity index (χ3n) is 6.09. The van der Waals surface area contributed by atoms with E-state index in [1.807, 2.05) is 48.5 Å². The van der Waals surface area contributed by atoms with E-state index in [0.29, 0.717) is 44.9 Å². The number of pyridine rings is 4. The van der Waals surface area contributed by atoms with Crippen molar-refractivity contribution in [3.05, 3.63) is 121 Å². The predicted molar refractivity (Wildman–Crippen MR) is 147 cm³/mol. The lowest BCUT2D eigenvalue weighted by Gasteiger charge is -2.14. The molecule has 0 aliphatic carbocycles. The molecule has 0 aliphatic rings. The van der Waals surface area contributed by atoms with E-state index in [4.69, 9.17) is 0 Å². The van der Waals surface area contributed by atoms with E-state index >= 15 is 0 Å². The summed E-state index contributed by atoms with van der Waals surface area (Å²) in [6.45, 7) is 0. The lowest BCUT2D eigenvalue weighted by molar-refractivity contribution is 0.102. The zero-order valence-corrected chi connectivity index (χ0v) is 20.0. The Hall–Kier alpha value is -5.50. The second kappa shape index (κ2) is 9.87. The van der Waals surface area contributed by atoms with Gasteiger partial charge in [0.15, 0.2) is 0 Å². The molecule has 38 heavy (non-hydrogen) atoms. The van der Waals surface area contributed by atoms with Crippen LogP contribution >= 0.6 is 0 Å². The van der Waals surface area contributed by atoms with Gasteiger partial charge in [-0.3, -0.25) is 29.5 Å². The fourth-order valence-corrected chi connectivity index (χ4v) is 4.34. The molecule has 4 aromatic heterocycles. The van der Waals surface area contributed by atoms with Gasteiger partial charge in [-0.25, -0.2) is 0 Å². The van der Waals surface area contributed by atoms with E-state index < -0.39 is 0 Å². The van der Waals surface area contributed by atoms with Crippen LogP contribution in [0.4, 0.5) is 11.4 Å². The van der Waals surface area contributed by atoms with E-state index in [9.17, 15) is 9.59 Å². The highest BCUT2D eigenvalue weighted by molar-refractivity contribution is 6.14. The molecule has 6 aromatic rings. The monoisotopic (exact) mass is 496 g/mol. The highest BCUT2D eigenvalue weighted by atomic mass is 16.2. The molecule has 4 heterocycles. The Morgan fingerprint density at radius 1 is 0.474 bits per heavy atom. The van der Waals surface area contributed by atoms with E-state index in [0.717, 1.165) is 10.8 Å². The molecule has 0 aliphatic heterocycles. The summed E-state index contributed by atoms with van der Waals surface area (Å²) in [7, 11) is 0. The number of carbonyl (C=O) groups excluding carboxylic acids is 2. The number of hydrogen-bond acceptors (Lipinski definition) is 6. The van der Waals surface area contributed by atoms with E-state index in [2.05, 4.69) is 30.6 Å². The molecule has 0 unspecified atom stereocenters. The summed E-state index contributed by atoms with van der Waals surface area (Å²) in [5.41, 5.74) is 3.83. The second-order valence-corrected chi connectivity index (χ2v) is 8.47. The topological polar surface area (TPSA) is 110 Å². The number of nitrogens with zero attached hydrogens (tertiary/aromatic N) is 4.